The molecule has 6 heteroatoms. The molecular weight excluding hydrogens is 260 g/mol. The fourth-order valence-corrected chi connectivity index (χ4v) is 1.28. The zero-order valence-electron chi connectivity index (χ0n) is 11.1. The number of esters is 1. The molecule has 0 saturated heterocycles. The van der Waals surface area contributed by atoms with Crippen LogP contribution in [-0.2, 0) is 9.53 Å². The zero-order chi connectivity index (χ0) is 15.0. The molecular formula is C14H16N2O4. The molecule has 1 aromatic rings. The predicted octanol–water partition coefficient (Wildman–Crippen LogP) is 1.16. The van der Waals surface area contributed by atoms with Gasteiger partial charge in [-0.15, -0.1) is 6.58 Å². The summed E-state index contributed by atoms with van der Waals surface area (Å²) in [5.41, 5.74) is 1.36. The van der Waals surface area contributed by atoms with E-state index < -0.39 is 24.5 Å². The maximum Gasteiger partial charge on any atom is 0.338 e. The highest BCUT2D eigenvalue weighted by Gasteiger charge is 2.11. The van der Waals surface area contributed by atoms with Crippen molar-refractivity contribution in [1.29, 1.82) is 0 Å². The lowest BCUT2D eigenvalue weighted by Crippen LogP contribution is -2.41. The molecule has 0 spiro atoms. The van der Waals surface area contributed by atoms with Crippen LogP contribution in [0.25, 0.3) is 0 Å². The molecule has 0 atom stereocenters. The van der Waals surface area contributed by atoms with Gasteiger partial charge >= 0.3 is 12.0 Å². The van der Waals surface area contributed by atoms with E-state index in [1.165, 1.54) is 6.08 Å². The fourth-order valence-electron chi connectivity index (χ4n) is 1.28. The van der Waals surface area contributed by atoms with E-state index in [-0.39, 0.29) is 6.54 Å². The summed E-state index contributed by atoms with van der Waals surface area (Å²) in [4.78, 5) is 34.1. The Morgan fingerprint density at radius 2 is 1.90 bits per heavy atom. The number of amides is 3. The van der Waals surface area contributed by atoms with Crippen molar-refractivity contribution in [3.8, 4) is 0 Å². The maximum absolute atomic E-state index is 11.6. The number of aryl methyl sites for hydroxylation is 1. The molecule has 0 aromatic heterocycles. The van der Waals surface area contributed by atoms with Crippen LogP contribution in [0.5, 0.6) is 0 Å². The first-order valence-electron chi connectivity index (χ1n) is 5.95. The Balaban J connectivity index is 2.37. The van der Waals surface area contributed by atoms with E-state index in [2.05, 4.69) is 11.9 Å². The van der Waals surface area contributed by atoms with Gasteiger partial charge in [-0.05, 0) is 19.1 Å². The molecule has 3 amide bonds. The molecule has 1 rings (SSSR count). The second kappa shape index (κ2) is 7.73. The Labute approximate surface area is 116 Å². The summed E-state index contributed by atoms with van der Waals surface area (Å²) >= 11 is 0. The summed E-state index contributed by atoms with van der Waals surface area (Å²) in [5.74, 6) is -1.32. The number of rotatable bonds is 5. The van der Waals surface area contributed by atoms with Crippen molar-refractivity contribution in [3.63, 3.8) is 0 Å². The van der Waals surface area contributed by atoms with Crippen LogP contribution in [0.3, 0.4) is 0 Å². The molecule has 0 heterocycles. The second-order valence-electron chi connectivity index (χ2n) is 3.99. The zero-order valence-corrected chi connectivity index (χ0v) is 11.1. The van der Waals surface area contributed by atoms with Crippen LogP contribution in [0.1, 0.15) is 15.9 Å². The number of urea groups is 1. The van der Waals surface area contributed by atoms with Crippen molar-refractivity contribution in [1.82, 2.24) is 10.6 Å². The highest BCUT2D eigenvalue weighted by atomic mass is 16.5. The van der Waals surface area contributed by atoms with Crippen molar-refractivity contribution in [2.24, 2.45) is 0 Å². The van der Waals surface area contributed by atoms with Crippen LogP contribution in [0.15, 0.2) is 36.9 Å². The molecule has 0 radical (unpaired) electrons. The quantitative estimate of drug-likeness (QED) is 0.624. The highest BCUT2D eigenvalue weighted by Crippen LogP contribution is 2.04. The topological polar surface area (TPSA) is 84.5 Å². The first-order valence-corrected chi connectivity index (χ1v) is 5.95. The van der Waals surface area contributed by atoms with Crippen LogP contribution >= 0.6 is 0 Å². The van der Waals surface area contributed by atoms with E-state index in [0.29, 0.717) is 5.56 Å². The summed E-state index contributed by atoms with van der Waals surface area (Å²) in [5, 5.41) is 4.38. The second-order valence-corrected chi connectivity index (χ2v) is 3.99. The first kappa shape index (κ1) is 15.4. The molecule has 0 fully saturated rings. The monoisotopic (exact) mass is 276 g/mol. The molecule has 106 valence electrons. The van der Waals surface area contributed by atoms with Gasteiger partial charge in [0.15, 0.2) is 6.61 Å². The number of imide groups is 1. The predicted molar refractivity (Wildman–Crippen MR) is 73.2 cm³/mol. The van der Waals surface area contributed by atoms with Gasteiger partial charge in [0.05, 0.1) is 5.56 Å². The Bertz CT molecular complexity index is 508. The summed E-state index contributed by atoms with van der Waals surface area (Å²) in [6.07, 6.45) is 1.47. The number of carbonyl (C=O) groups excluding carboxylic acids is 3. The highest BCUT2D eigenvalue weighted by molar-refractivity contribution is 5.97. The third-order valence-corrected chi connectivity index (χ3v) is 2.28. The molecule has 6 nitrogen and oxygen atoms in total. The van der Waals surface area contributed by atoms with Gasteiger partial charge in [0, 0.05) is 6.54 Å². The molecule has 0 aliphatic carbocycles. The number of hydrogen-bond donors (Lipinski definition) is 2. The minimum Gasteiger partial charge on any atom is -0.452 e. The van der Waals surface area contributed by atoms with Crippen LogP contribution < -0.4 is 10.6 Å². The summed E-state index contributed by atoms with van der Waals surface area (Å²) < 4.78 is 4.78. The third kappa shape index (κ3) is 5.34. The Kier molecular flexibility index (Phi) is 5.96. The van der Waals surface area contributed by atoms with E-state index in [1.54, 1.807) is 24.3 Å². The largest absolute Gasteiger partial charge is 0.452 e. The van der Waals surface area contributed by atoms with Gasteiger partial charge in [-0.2, -0.15) is 0 Å². The average Bonchev–Trinajstić information content (AvgIpc) is 2.43. The Morgan fingerprint density at radius 1 is 1.25 bits per heavy atom. The van der Waals surface area contributed by atoms with E-state index in [9.17, 15) is 14.4 Å². The first-order chi connectivity index (χ1) is 9.52. The lowest BCUT2D eigenvalue weighted by atomic mass is 10.1. The smallest absolute Gasteiger partial charge is 0.338 e. The van der Waals surface area contributed by atoms with Gasteiger partial charge in [0.2, 0.25) is 0 Å². The lowest BCUT2D eigenvalue weighted by molar-refractivity contribution is -0.123. The van der Waals surface area contributed by atoms with Crippen LogP contribution in [0.2, 0.25) is 0 Å². The van der Waals surface area contributed by atoms with Crippen molar-refractivity contribution >= 4 is 17.9 Å². The van der Waals surface area contributed by atoms with Gasteiger partial charge in [0.25, 0.3) is 5.91 Å². The minimum absolute atomic E-state index is 0.238. The van der Waals surface area contributed by atoms with Crippen molar-refractivity contribution in [2.45, 2.75) is 6.92 Å². The molecule has 0 aliphatic rings. The third-order valence-electron chi connectivity index (χ3n) is 2.28. The van der Waals surface area contributed by atoms with Gasteiger partial charge < -0.3 is 10.1 Å². The number of nitrogens with one attached hydrogen (secondary N) is 2. The number of benzene rings is 1. The molecule has 20 heavy (non-hydrogen) atoms. The summed E-state index contributed by atoms with van der Waals surface area (Å²) in [6.45, 7) is 5.03. The lowest BCUT2D eigenvalue weighted by Gasteiger charge is -2.06. The van der Waals surface area contributed by atoms with E-state index in [4.69, 9.17) is 4.74 Å². The molecule has 1 aromatic carbocycles. The van der Waals surface area contributed by atoms with Crippen molar-refractivity contribution < 1.29 is 19.1 Å². The normalized spacial score (nSPS) is 9.45. The van der Waals surface area contributed by atoms with Crippen molar-refractivity contribution in [3.05, 3.63) is 48.0 Å². The maximum atomic E-state index is 11.6. The SMILES string of the molecule is C=CCNC(=O)NC(=O)COC(=O)c1ccc(C)cc1. The Morgan fingerprint density at radius 3 is 2.50 bits per heavy atom. The molecule has 0 saturated carbocycles. The fraction of sp³-hybridized carbons (Fsp3) is 0.214. The molecule has 0 unspecified atom stereocenters. The van der Waals surface area contributed by atoms with Crippen LogP contribution in [0.4, 0.5) is 4.79 Å². The molecule has 2 N–H and O–H groups in total. The summed E-state index contributed by atoms with van der Waals surface area (Å²) in [6, 6.07) is 6.07. The number of hydrogen-bond acceptors (Lipinski definition) is 4. The van der Waals surface area contributed by atoms with Crippen LogP contribution in [0, 0.1) is 6.92 Å². The van der Waals surface area contributed by atoms with Gasteiger partial charge in [-0.1, -0.05) is 23.8 Å². The Hall–Kier alpha value is -2.63. The molecule has 0 aliphatic heterocycles. The minimum atomic E-state index is -0.702. The average molecular weight is 276 g/mol. The standard InChI is InChI=1S/C14H16N2O4/c1-3-8-15-14(19)16-12(17)9-20-13(18)11-6-4-10(2)5-7-11/h3-7H,1,8-9H2,2H3,(H2,15,16,17,19). The summed E-state index contributed by atoms with van der Waals surface area (Å²) in [7, 11) is 0. The van der Waals surface area contributed by atoms with Gasteiger partial charge in [-0.25, -0.2) is 9.59 Å². The van der Waals surface area contributed by atoms with Crippen molar-refractivity contribution in [2.75, 3.05) is 13.2 Å². The van der Waals surface area contributed by atoms with E-state index in [1.807, 2.05) is 12.2 Å². The van der Waals surface area contributed by atoms with E-state index >= 15 is 0 Å². The van der Waals surface area contributed by atoms with Gasteiger partial charge in [-0.3, -0.25) is 10.1 Å². The van der Waals surface area contributed by atoms with Crippen LogP contribution in [-0.4, -0.2) is 31.1 Å². The van der Waals surface area contributed by atoms with Gasteiger partial charge in [0.1, 0.15) is 0 Å². The number of carbonyl (C=O) groups is 3. The number of ether oxygens (including phenoxy) is 1. The molecule has 0 bridgehead atoms. The van der Waals surface area contributed by atoms with E-state index in [0.717, 1.165) is 5.56 Å².